The molecule has 0 aliphatic rings. The SMILES string of the molecule is Cc1cccc2ccnc(CCCc3nccc4cccc(C)c34)c12. The Kier molecular flexibility index (Phi) is 4.19. The molecule has 0 fully saturated rings. The zero-order valence-corrected chi connectivity index (χ0v) is 14.8. The Hall–Kier alpha value is -2.74. The van der Waals surface area contributed by atoms with E-state index in [2.05, 4.69) is 72.3 Å². The number of rotatable bonds is 4. The molecule has 2 nitrogen and oxygen atoms in total. The number of fused-ring (bicyclic) bond motifs is 2. The van der Waals surface area contributed by atoms with Crippen molar-refractivity contribution in [2.75, 3.05) is 0 Å². The maximum atomic E-state index is 4.66. The Morgan fingerprint density at radius 2 is 1.12 bits per heavy atom. The van der Waals surface area contributed by atoms with Crippen LogP contribution in [0.2, 0.25) is 0 Å². The van der Waals surface area contributed by atoms with Gasteiger partial charge in [0, 0.05) is 34.6 Å². The van der Waals surface area contributed by atoms with E-state index in [1.807, 2.05) is 12.4 Å². The first-order valence-electron chi connectivity index (χ1n) is 8.90. The highest BCUT2D eigenvalue weighted by molar-refractivity contribution is 5.88. The number of aryl methyl sites for hydroxylation is 4. The number of nitrogens with zero attached hydrogens (tertiary/aromatic N) is 2. The molecule has 0 atom stereocenters. The summed E-state index contributed by atoms with van der Waals surface area (Å²) < 4.78 is 0. The lowest BCUT2D eigenvalue weighted by Gasteiger charge is -2.10. The normalized spacial score (nSPS) is 11.3. The lowest BCUT2D eigenvalue weighted by Crippen LogP contribution is -1.98. The molecular formula is C23H22N2. The minimum atomic E-state index is 0.978. The number of pyridine rings is 2. The second-order valence-corrected chi connectivity index (χ2v) is 6.71. The van der Waals surface area contributed by atoms with Crippen LogP contribution in [0.25, 0.3) is 21.5 Å². The number of hydrogen-bond acceptors (Lipinski definition) is 2. The van der Waals surface area contributed by atoms with E-state index in [9.17, 15) is 0 Å². The van der Waals surface area contributed by atoms with Crippen LogP contribution in [0.3, 0.4) is 0 Å². The molecule has 0 bridgehead atoms. The van der Waals surface area contributed by atoms with Gasteiger partial charge in [-0.05, 0) is 67.1 Å². The van der Waals surface area contributed by atoms with Crippen molar-refractivity contribution < 1.29 is 0 Å². The number of benzene rings is 2. The highest BCUT2D eigenvalue weighted by Gasteiger charge is 2.08. The van der Waals surface area contributed by atoms with Crippen molar-refractivity contribution in [3.8, 4) is 0 Å². The Morgan fingerprint density at radius 3 is 1.60 bits per heavy atom. The van der Waals surface area contributed by atoms with Gasteiger partial charge in [0.2, 0.25) is 0 Å². The summed E-state index contributed by atoms with van der Waals surface area (Å²) in [5.74, 6) is 0. The molecule has 4 aromatic rings. The molecule has 0 saturated heterocycles. The molecule has 0 saturated carbocycles. The van der Waals surface area contributed by atoms with E-state index in [0.29, 0.717) is 0 Å². The number of aromatic nitrogens is 2. The largest absolute Gasteiger partial charge is 0.261 e. The highest BCUT2D eigenvalue weighted by atomic mass is 14.7. The number of hydrogen-bond donors (Lipinski definition) is 0. The van der Waals surface area contributed by atoms with Gasteiger partial charge in [-0.1, -0.05) is 36.4 Å². The maximum absolute atomic E-state index is 4.66. The molecular weight excluding hydrogens is 304 g/mol. The molecule has 0 aliphatic heterocycles. The van der Waals surface area contributed by atoms with Gasteiger partial charge in [-0.3, -0.25) is 9.97 Å². The average molecular weight is 326 g/mol. The fraction of sp³-hybridized carbons (Fsp3) is 0.217. The van der Waals surface area contributed by atoms with E-state index in [1.54, 1.807) is 0 Å². The van der Waals surface area contributed by atoms with Crippen molar-refractivity contribution in [2.45, 2.75) is 33.1 Å². The van der Waals surface area contributed by atoms with Crippen molar-refractivity contribution in [2.24, 2.45) is 0 Å². The molecule has 25 heavy (non-hydrogen) atoms. The van der Waals surface area contributed by atoms with Crippen molar-refractivity contribution in [3.63, 3.8) is 0 Å². The summed E-state index contributed by atoms with van der Waals surface area (Å²) in [5, 5.41) is 5.19. The summed E-state index contributed by atoms with van der Waals surface area (Å²) in [6.45, 7) is 4.34. The molecule has 2 aromatic heterocycles. The summed E-state index contributed by atoms with van der Waals surface area (Å²) in [4.78, 5) is 9.32. The van der Waals surface area contributed by atoms with Crippen LogP contribution in [-0.4, -0.2) is 9.97 Å². The van der Waals surface area contributed by atoms with Gasteiger partial charge >= 0.3 is 0 Å². The van der Waals surface area contributed by atoms with Crippen LogP contribution in [0.15, 0.2) is 60.9 Å². The Morgan fingerprint density at radius 1 is 0.640 bits per heavy atom. The molecule has 2 heteroatoms. The van der Waals surface area contributed by atoms with Crippen LogP contribution in [0.4, 0.5) is 0 Å². The van der Waals surface area contributed by atoms with Gasteiger partial charge in [0.15, 0.2) is 0 Å². The standard InChI is InChI=1S/C23H22N2/c1-16-6-3-8-18-12-14-24-20(22(16)18)10-5-11-21-23-17(2)7-4-9-19(23)13-15-25-21/h3-4,6-9,12-15H,5,10-11H2,1-2H3. The van der Waals surface area contributed by atoms with Gasteiger partial charge in [-0.2, -0.15) is 0 Å². The molecule has 0 spiro atoms. The van der Waals surface area contributed by atoms with Gasteiger partial charge < -0.3 is 0 Å². The van der Waals surface area contributed by atoms with Gasteiger partial charge in [0.25, 0.3) is 0 Å². The molecule has 4 rings (SSSR count). The molecule has 0 N–H and O–H groups in total. The lowest BCUT2D eigenvalue weighted by molar-refractivity contribution is 0.791. The minimum Gasteiger partial charge on any atom is -0.261 e. The monoisotopic (exact) mass is 326 g/mol. The Labute approximate surface area is 148 Å². The predicted molar refractivity (Wildman–Crippen MR) is 105 cm³/mol. The topological polar surface area (TPSA) is 25.8 Å². The zero-order valence-electron chi connectivity index (χ0n) is 14.8. The fourth-order valence-corrected chi connectivity index (χ4v) is 3.79. The molecule has 0 radical (unpaired) electrons. The third kappa shape index (κ3) is 3.00. The molecule has 2 aromatic carbocycles. The minimum absolute atomic E-state index is 0.978. The van der Waals surface area contributed by atoms with Gasteiger partial charge in [-0.25, -0.2) is 0 Å². The van der Waals surface area contributed by atoms with Crippen LogP contribution in [0.1, 0.15) is 28.9 Å². The summed E-state index contributed by atoms with van der Waals surface area (Å²) >= 11 is 0. The molecule has 124 valence electrons. The van der Waals surface area contributed by atoms with Crippen LogP contribution in [0, 0.1) is 13.8 Å². The van der Waals surface area contributed by atoms with Crippen LogP contribution in [0.5, 0.6) is 0 Å². The summed E-state index contributed by atoms with van der Waals surface area (Å²) in [5.41, 5.74) is 5.01. The van der Waals surface area contributed by atoms with E-state index < -0.39 is 0 Å². The van der Waals surface area contributed by atoms with Crippen molar-refractivity contribution in [3.05, 3.63) is 83.4 Å². The highest BCUT2D eigenvalue weighted by Crippen LogP contribution is 2.24. The Balaban J connectivity index is 1.60. The lowest BCUT2D eigenvalue weighted by atomic mass is 9.99. The third-order valence-electron chi connectivity index (χ3n) is 4.98. The fourth-order valence-electron chi connectivity index (χ4n) is 3.79. The summed E-state index contributed by atoms with van der Waals surface area (Å²) in [7, 11) is 0. The van der Waals surface area contributed by atoms with Gasteiger partial charge in [-0.15, -0.1) is 0 Å². The first kappa shape index (κ1) is 15.8. The molecule has 0 unspecified atom stereocenters. The zero-order chi connectivity index (χ0) is 17.2. The molecule has 2 heterocycles. The summed E-state index contributed by atoms with van der Waals surface area (Å²) in [6.07, 6.45) is 6.87. The predicted octanol–water partition coefficient (Wildman–Crippen LogP) is 5.58. The first-order valence-corrected chi connectivity index (χ1v) is 8.90. The first-order chi connectivity index (χ1) is 12.2. The average Bonchev–Trinajstić information content (AvgIpc) is 2.62. The second kappa shape index (κ2) is 6.64. The van der Waals surface area contributed by atoms with Crippen LogP contribution >= 0.6 is 0 Å². The van der Waals surface area contributed by atoms with Crippen LogP contribution < -0.4 is 0 Å². The Bertz CT molecular complexity index is 955. The van der Waals surface area contributed by atoms with E-state index in [-0.39, 0.29) is 0 Å². The van der Waals surface area contributed by atoms with Crippen molar-refractivity contribution >= 4 is 21.5 Å². The quantitative estimate of drug-likeness (QED) is 0.489. The smallest absolute Gasteiger partial charge is 0.0484 e. The van der Waals surface area contributed by atoms with Crippen molar-refractivity contribution in [1.82, 2.24) is 9.97 Å². The van der Waals surface area contributed by atoms with E-state index in [4.69, 9.17) is 0 Å². The van der Waals surface area contributed by atoms with Crippen LogP contribution in [-0.2, 0) is 12.8 Å². The van der Waals surface area contributed by atoms with Gasteiger partial charge in [0.05, 0.1) is 0 Å². The van der Waals surface area contributed by atoms with E-state index >= 15 is 0 Å². The van der Waals surface area contributed by atoms with E-state index in [0.717, 1.165) is 19.3 Å². The third-order valence-corrected chi connectivity index (χ3v) is 4.98. The van der Waals surface area contributed by atoms with Gasteiger partial charge in [0.1, 0.15) is 0 Å². The van der Waals surface area contributed by atoms with E-state index in [1.165, 1.54) is 44.1 Å². The van der Waals surface area contributed by atoms with Crippen molar-refractivity contribution in [1.29, 1.82) is 0 Å². The maximum Gasteiger partial charge on any atom is 0.0484 e. The second-order valence-electron chi connectivity index (χ2n) is 6.71. The summed E-state index contributed by atoms with van der Waals surface area (Å²) in [6, 6.07) is 17.1. The molecule has 0 aliphatic carbocycles. The molecule has 0 amide bonds.